The van der Waals surface area contributed by atoms with E-state index in [1.807, 2.05) is 0 Å². The highest BCUT2D eigenvalue weighted by Crippen LogP contribution is 2.31. The first-order valence-corrected chi connectivity index (χ1v) is 10.6. The Bertz CT molecular complexity index is 1510. The third-order valence-electron chi connectivity index (χ3n) is 4.40. The Hall–Kier alpha value is -4.22. The molecule has 0 aliphatic heterocycles. The van der Waals surface area contributed by atoms with E-state index >= 15 is 0 Å². The maximum atomic E-state index is 12.2. The first-order valence-electron chi connectivity index (χ1n) is 9.16. The monoisotopic (exact) mass is 449 g/mol. The zero-order valence-electron chi connectivity index (χ0n) is 16.2. The molecule has 0 bridgehead atoms. The Morgan fingerprint density at radius 1 is 0.719 bits per heavy atom. The van der Waals surface area contributed by atoms with E-state index in [4.69, 9.17) is 4.55 Å². The number of aromatic nitrogens is 1. The van der Waals surface area contributed by atoms with Gasteiger partial charge in [0.25, 0.3) is 15.7 Å². The van der Waals surface area contributed by atoms with Crippen LogP contribution in [0, 0.1) is 0 Å². The number of para-hydroxylation sites is 1. The Kier molecular flexibility index (Phi) is 5.58. The second-order valence-corrected chi connectivity index (χ2v) is 8.00. The molecule has 0 aliphatic rings. The molecule has 0 radical (unpaired) electrons. The van der Waals surface area contributed by atoms with Gasteiger partial charge in [-0.2, -0.15) is 23.8 Å². The molecule has 0 saturated carbocycles. The molecule has 160 valence electrons. The number of nitrogens with one attached hydrogen (secondary N) is 1. The molecule has 0 spiro atoms. The van der Waals surface area contributed by atoms with Crippen LogP contribution < -0.4 is 5.56 Å². The van der Waals surface area contributed by atoms with Crippen molar-refractivity contribution in [3.63, 3.8) is 0 Å². The van der Waals surface area contributed by atoms with E-state index in [2.05, 4.69) is 25.4 Å². The van der Waals surface area contributed by atoms with Crippen molar-refractivity contribution in [1.82, 2.24) is 4.98 Å². The molecule has 1 aromatic heterocycles. The van der Waals surface area contributed by atoms with Crippen molar-refractivity contribution in [2.45, 2.75) is 4.90 Å². The van der Waals surface area contributed by atoms with Gasteiger partial charge in [0, 0.05) is 5.39 Å². The zero-order valence-corrected chi connectivity index (χ0v) is 17.1. The molecule has 0 saturated heterocycles. The Morgan fingerprint density at radius 2 is 1.22 bits per heavy atom. The summed E-state index contributed by atoms with van der Waals surface area (Å²) in [5.41, 5.74) is 1.06. The lowest BCUT2D eigenvalue weighted by molar-refractivity contribution is 0.481. The van der Waals surface area contributed by atoms with Crippen LogP contribution in [0.2, 0.25) is 0 Å². The second kappa shape index (κ2) is 8.49. The molecule has 11 heteroatoms. The molecular weight excluding hydrogens is 434 g/mol. The van der Waals surface area contributed by atoms with Crippen LogP contribution in [-0.4, -0.2) is 23.1 Å². The topological polar surface area (TPSA) is 157 Å². The van der Waals surface area contributed by atoms with Crippen LogP contribution in [-0.2, 0) is 10.1 Å². The highest BCUT2D eigenvalue weighted by molar-refractivity contribution is 7.85. The third-order valence-corrected chi connectivity index (χ3v) is 5.27. The zero-order chi connectivity index (χ0) is 22.7. The molecule has 3 aromatic carbocycles. The number of hydrogen-bond donors (Lipinski definition) is 3. The fourth-order valence-corrected chi connectivity index (χ4v) is 3.28. The Balaban J connectivity index is 1.51. The molecule has 32 heavy (non-hydrogen) atoms. The summed E-state index contributed by atoms with van der Waals surface area (Å²) in [6.45, 7) is 0. The number of H-pyrrole nitrogens is 1. The first-order chi connectivity index (χ1) is 15.3. The van der Waals surface area contributed by atoms with E-state index in [1.54, 1.807) is 48.5 Å². The molecule has 0 fully saturated rings. The van der Waals surface area contributed by atoms with E-state index in [1.165, 1.54) is 24.3 Å². The smallest absolute Gasteiger partial charge is 0.294 e. The molecular formula is C21H15N5O5S. The number of pyridine rings is 1. The minimum absolute atomic E-state index is 0.194. The van der Waals surface area contributed by atoms with Crippen molar-refractivity contribution >= 4 is 43.8 Å². The molecule has 4 rings (SSSR count). The summed E-state index contributed by atoms with van der Waals surface area (Å²) in [6, 6.07) is 18.5. The molecule has 0 atom stereocenters. The van der Waals surface area contributed by atoms with Gasteiger partial charge in [0.05, 0.1) is 27.5 Å². The number of aromatic hydroxyl groups is 1. The van der Waals surface area contributed by atoms with Crippen molar-refractivity contribution < 1.29 is 18.1 Å². The lowest BCUT2D eigenvalue weighted by Gasteiger charge is -2.02. The molecule has 1 heterocycles. The number of benzene rings is 3. The first kappa shape index (κ1) is 21.0. The van der Waals surface area contributed by atoms with Gasteiger partial charge in [-0.05, 0) is 60.7 Å². The van der Waals surface area contributed by atoms with Gasteiger partial charge in [-0.1, -0.05) is 12.1 Å². The highest BCUT2D eigenvalue weighted by Gasteiger charge is 2.11. The van der Waals surface area contributed by atoms with E-state index in [0.717, 1.165) is 0 Å². The van der Waals surface area contributed by atoms with Gasteiger partial charge in [-0.25, -0.2) is 0 Å². The third kappa shape index (κ3) is 4.58. The predicted molar refractivity (Wildman–Crippen MR) is 117 cm³/mol. The molecule has 10 nitrogen and oxygen atoms in total. The van der Waals surface area contributed by atoms with Crippen LogP contribution in [0.1, 0.15) is 0 Å². The van der Waals surface area contributed by atoms with Crippen molar-refractivity contribution in [3.8, 4) is 5.75 Å². The van der Waals surface area contributed by atoms with E-state index in [-0.39, 0.29) is 16.3 Å². The van der Waals surface area contributed by atoms with Gasteiger partial charge < -0.3 is 10.1 Å². The van der Waals surface area contributed by atoms with Crippen LogP contribution in [0.25, 0.3) is 10.9 Å². The average Bonchev–Trinajstić information content (AvgIpc) is 2.78. The second-order valence-electron chi connectivity index (χ2n) is 6.58. The van der Waals surface area contributed by atoms with Crippen molar-refractivity contribution in [1.29, 1.82) is 0 Å². The van der Waals surface area contributed by atoms with Crippen molar-refractivity contribution in [3.05, 3.63) is 83.2 Å². The molecule has 0 aliphatic carbocycles. The van der Waals surface area contributed by atoms with Crippen LogP contribution in [0.3, 0.4) is 0 Å². The van der Waals surface area contributed by atoms with Crippen molar-refractivity contribution in [2.24, 2.45) is 20.5 Å². The summed E-state index contributed by atoms with van der Waals surface area (Å²) in [4.78, 5) is 14.6. The fraction of sp³-hybridized carbons (Fsp3) is 0. The number of aromatic amines is 1. The Labute approximate surface area is 181 Å². The van der Waals surface area contributed by atoms with Gasteiger partial charge in [0.2, 0.25) is 0 Å². The van der Waals surface area contributed by atoms with E-state index < -0.39 is 15.7 Å². The summed E-state index contributed by atoms with van der Waals surface area (Å²) in [7, 11) is -4.26. The number of rotatable bonds is 5. The minimum atomic E-state index is -4.26. The van der Waals surface area contributed by atoms with Crippen molar-refractivity contribution in [2.75, 3.05) is 0 Å². The van der Waals surface area contributed by atoms with E-state index in [9.17, 15) is 18.3 Å². The van der Waals surface area contributed by atoms with Crippen LogP contribution in [0.4, 0.5) is 22.7 Å². The largest absolute Gasteiger partial charge is 0.505 e. The van der Waals surface area contributed by atoms with Gasteiger partial charge in [-0.15, -0.1) is 5.11 Å². The lowest BCUT2D eigenvalue weighted by Crippen LogP contribution is -2.04. The molecule has 0 amide bonds. The number of fused-ring (bicyclic) bond motifs is 1. The molecule has 4 aromatic rings. The molecule has 0 unspecified atom stereocenters. The minimum Gasteiger partial charge on any atom is -0.505 e. The fourth-order valence-electron chi connectivity index (χ4n) is 2.80. The molecule has 3 N–H and O–H groups in total. The summed E-state index contributed by atoms with van der Waals surface area (Å²) < 4.78 is 31.1. The van der Waals surface area contributed by atoms with Crippen LogP contribution in [0.15, 0.2) is 103 Å². The number of nitrogens with zero attached hydrogens (tertiary/aromatic N) is 4. The normalized spacial score (nSPS) is 12.2. The SMILES string of the molecule is O=c1[nH]c2ccccc2c(O)c1N=Nc1ccc(N=Nc2ccc(S(=O)(=O)O)cc2)cc1. The van der Waals surface area contributed by atoms with E-state index in [0.29, 0.717) is 28.0 Å². The number of azo groups is 2. The Morgan fingerprint density at radius 3 is 1.78 bits per heavy atom. The standard InChI is InChI=1S/C21H15N5O5S/c27-20-17-3-1-2-4-18(17)22-21(28)19(20)26-25-14-7-5-13(6-8-14)23-24-15-9-11-16(12-10-15)32(29,30)31/h1-12H,(H2,22,27,28)(H,29,30,31). The van der Waals surface area contributed by atoms with Gasteiger partial charge in [0.1, 0.15) is 0 Å². The van der Waals surface area contributed by atoms with Gasteiger partial charge in [0.15, 0.2) is 11.4 Å². The quantitative estimate of drug-likeness (QED) is 0.278. The summed E-state index contributed by atoms with van der Waals surface area (Å²) in [5, 5.41) is 26.7. The maximum Gasteiger partial charge on any atom is 0.294 e. The van der Waals surface area contributed by atoms with Gasteiger partial charge in [-0.3, -0.25) is 9.35 Å². The summed E-state index contributed by atoms with van der Waals surface area (Å²) in [5.74, 6) is -0.251. The summed E-state index contributed by atoms with van der Waals surface area (Å²) >= 11 is 0. The van der Waals surface area contributed by atoms with Crippen LogP contribution >= 0.6 is 0 Å². The van der Waals surface area contributed by atoms with Gasteiger partial charge >= 0.3 is 0 Å². The highest BCUT2D eigenvalue weighted by atomic mass is 32.2. The van der Waals surface area contributed by atoms with Crippen LogP contribution in [0.5, 0.6) is 5.75 Å². The summed E-state index contributed by atoms with van der Waals surface area (Å²) in [6.07, 6.45) is 0. The number of hydrogen-bond acceptors (Lipinski definition) is 8. The lowest BCUT2D eigenvalue weighted by atomic mass is 10.2. The predicted octanol–water partition coefficient (Wildman–Crippen LogP) is 5.31. The average molecular weight is 449 g/mol. The maximum absolute atomic E-state index is 12.2.